The van der Waals surface area contributed by atoms with Crippen molar-refractivity contribution in [2.24, 2.45) is 0 Å². The van der Waals surface area contributed by atoms with Gasteiger partial charge in [-0.05, 0) is 76.2 Å². The summed E-state index contributed by atoms with van der Waals surface area (Å²) in [6.07, 6.45) is 0. The van der Waals surface area contributed by atoms with Crippen LogP contribution in [0.4, 0.5) is 0 Å². The Labute approximate surface area is 373 Å². The van der Waals surface area contributed by atoms with Crippen molar-refractivity contribution >= 4 is 43.6 Å². The Morgan fingerprint density at radius 2 is 0.985 bits per heavy atom. The maximum Gasteiger partial charge on any atom is 0.160 e. The zero-order valence-electron chi connectivity index (χ0n) is 34.9. The first-order chi connectivity index (χ1) is 32.2. The van der Waals surface area contributed by atoms with Gasteiger partial charge in [0.05, 0.1) is 28.0 Å². The quantitative estimate of drug-likeness (QED) is 0.165. The maximum absolute atomic E-state index is 7.01. The standard InChI is InChI=1S/C60H35N3O2/c1-2-16-36(17-3-1)59-62-51(35-52(63-59)42-24-15-31-55-57(42)43-23-7-12-29-53(43)64-55)37-18-14-19-38(32-37)58-45-34-56-49(33-44(45)41-22-6-11-28-50(41)61-58)60(48-27-10-13-30-54(48)65-56)46-25-8-4-20-39(46)40-21-5-9-26-47(40)60/h1-35H. The van der Waals surface area contributed by atoms with E-state index < -0.39 is 5.41 Å². The molecule has 5 nitrogen and oxygen atoms in total. The molecule has 0 atom stereocenters. The summed E-state index contributed by atoms with van der Waals surface area (Å²) >= 11 is 0. The molecular formula is C60H35N3O2. The van der Waals surface area contributed by atoms with Crippen LogP contribution in [0.2, 0.25) is 0 Å². The van der Waals surface area contributed by atoms with E-state index in [1.54, 1.807) is 0 Å². The Morgan fingerprint density at radius 1 is 0.354 bits per heavy atom. The highest BCUT2D eigenvalue weighted by atomic mass is 16.5. The molecule has 0 N–H and O–H groups in total. The lowest BCUT2D eigenvalue weighted by Crippen LogP contribution is -2.32. The molecule has 3 aromatic heterocycles. The SMILES string of the molecule is c1ccc(-c2nc(-c3cccc(-c4nc5ccccc5c5cc6c(cc45)Oc4ccccc4C64c5ccccc5-c5ccccc54)c3)cc(-c3cccc4oc5ccccc5c34)n2)cc1. The number of pyridine rings is 1. The Hall–Kier alpha value is -8.67. The van der Waals surface area contributed by atoms with Crippen LogP contribution in [0.25, 0.3) is 99.9 Å². The van der Waals surface area contributed by atoms with E-state index in [2.05, 4.69) is 170 Å². The number of ether oxygens (including phenoxy) is 1. The lowest BCUT2D eigenvalue weighted by Gasteiger charge is -2.39. The van der Waals surface area contributed by atoms with Crippen LogP contribution in [-0.4, -0.2) is 15.0 Å². The first kappa shape index (κ1) is 35.9. The van der Waals surface area contributed by atoms with E-state index in [4.69, 9.17) is 24.1 Å². The van der Waals surface area contributed by atoms with Crippen LogP contribution in [0.1, 0.15) is 22.3 Å². The molecule has 2 aliphatic rings. The third-order valence-corrected chi connectivity index (χ3v) is 13.5. The summed E-state index contributed by atoms with van der Waals surface area (Å²) in [7, 11) is 0. The Bertz CT molecular complexity index is 3900. The second-order valence-corrected chi connectivity index (χ2v) is 17.0. The fraction of sp³-hybridized carbons (Fsp3) is 0.0167. The second-order valence-electron chi connectivity index (χ2n) is 17.0. The highest BCUT2D eigenvalue weighted by Crippen LogP contribution is 2.62. The van der Waals surface area contributed by atoms with E-state index in [-0.39, 0.29) is 0 Å². The molecule has 1 spiro atoms. The molecule has 4 heterocycles. The molecule has 1 aliphatic carbocycles. The van der Waals surface area contributed by atoms with Gasteiger partial charge in [-0.3, -0.25) is 0 Å². The number of rotatable bonds is 4. The second kappa shape index (κ2) is 13.7. The van der Waals surface area contributed by atoms with E-state index >= 15 is 0 Å². The number of para-hydroxylation sites is 3. The number of furan rings is 1. The molecule has 0 saturated carbocycles. The van der Waals surface area contributed by atoms with Crippen molar-refractivity contribution in [1.82, 2.24) is 15.0 Å². The topological polar surface area (TPSA) is 61.0 Å². The Morgan fingerprint density at radius 3 is 1.83 bits per heavy atom. The molecule has 0 radical (unpaired) electrons. The molecule has 14 rings (SSSR count). The van der Waals surface area contributed by atoms with Crippen molar-refractivity contribution in [2.45, 2.75) is 5.41 Å². The first-order valence-corrected chi connectivity index (χ1v) is 22.0. The minimum atomic E-state index is -0.579. The number of benzene rings is 9. The summed E-state index contributed by atoms with van der Waals surface area (Å²) in [6, 6.07) is 74.7. The normalized spacial score (nSPS) is 13.2. The predicted molar refractivity (Wildman–Crippen MR) is 261 cm³/mol. The molecule has 9 aromatic carbocycles. The summed E-state index contributed by atoms with van der Waals surface area (Å²) in [5.74, 6) is 2.33. The van der Waals surface area contributed by atoms with Crippen molar-refractivity contribution in [1.29, 1.82) is 0 Å². The molecule has 302 valence electrons. The summed E-state index contributed by atoms with van der Waals surface area (Å²) < 4.78 is 13.3. The molecule has 1 aliphatic heterocycles. The van der Waals surface area contributed by atoms with Gasteiger partial charge in [-0.15, -0.1) is 0 Å². The number of hydrogen-bond donors (Lipinski definition) is 0. The van der Waals surface area contributed by atoms with Crippen LogP contribution >= 0.6 is 0 Å². The lowest BCUT2D eigenvalue weighted by atomic mass is 9.65. The summed E-state index contributed by atoms with van der Waals surface area (Å²) in [5.41, 5.74) is 15.7. The molecule has 12 aromatic rings. The smallest absolute Gasteiger partial charge is 0.160 e. The number of hydrogen-bond acceptors (Lipinski definition) is 5. The van der Waals surface area contributed by atoms with Gasteiger partial charge in [-0.25, -0.2) is 15.0 Å². The van der Waals surface area contributed by atoms with Crippen molar-refractivity contribution in [3.8, 4) is 67.8 Å². The van der Waals surface area contributed by atoms with E-state index in [1.165, 1.54) is 22.3 Å². The van der Waals surface area contributed by atoms with Crippen molar-refractivity contribution in [2.75, 3.05) is 0 Å². The third kappa shape index (κ3) is 5.18. The van der Waals surface area contributed by atoms with Crippen LogP contribution in [0.15, 0.2) is 217 Å². The zero-order chi connectivity index (χ0) is 42.6. The lowest BCUT2D eigenvalue weighted by molar-refractivity contribution is 0.437. The molecule has 0 fully saturated rings. The van der Waals surface area contributed by atoms with E-state index in [0.717, 1.165) is 106 Å². The summed E-state index contributed by atoms with van der Waals surface area (Å²) in [6.45, 7) is 0. The first-order valence-electron chi connectivity index (χ1n) is 22.0. The van der Waals surface area contributed by atoms with E-state index in [0.29, 0.717) is 5.82 Å². The van der Waals surface area contributed by atoms with Crippen LogP contribution in [0, 0.1) is 0 Å². The van der Waals surface area contributed by atoms with Crippen LogP contribution in [0.5, 0.6) is 11.5 Å². The average molecular weight is 830 g/mol. The van der Waals surface area contributed by atoms with Crippen molar-refractivity contribution in [3.63, 3.8) is 0 Å². The van der Waals surface area contributed by atoms with Gasteiger partial charge in [-0.2, -0.15) is 0 Å². The van der Waals surface area contributed by atoms with Gasteiger partial charge < -0.3 is 9.15 Å². The minimum absolute atomic E-state index is 0.579. The average Bonchev–Trinajstić information content (AvgIpc) is 3.90. The molecule has 65 heavy (non-hydrogen) atoms. The Kier molecular flexibility index (Phi) is 7.54. The fourth-order valence-electron chi connectivity index (χ4n) is 10.8. The number of aromatic nitrogens is 3. The predicted octanol–water partition coefficient (Wildman–Crippen LogP) is 15.2. The van der Waals surface area contributed by atoms with E-state index in [9.17, 15) is 0 Å². The van der Waals surface area contributed by atoms with Gasteiger partial charge in [0, 0.05) is 54.9 Å². The molecule has 0 amide bonds. The van der Waals surface area contributed by atoms with Gasteiger partial charge in [0.2, 0.25) is 0 Å². The fourth-order valence-corrected chi connectivity index (χ4v) is 10.8. The zero-order valence-corrected chi connectivity index (χ0v) is 34.9. The van der Waals surface area contributed by atoms with Crippen LogP contribution in [-0.2, 0) is 5.41 Å². The van der Waals surface area contributed by atoms with Crippen LogP contribution in [0.3, 0.4) is 0 Å². The van der Waals surface area contributed by atoms with Crippen LogP contribution < -0.4 is 4.74 Å². The minimum Gasteiger partial charge on any atom is -0.457 e. The largest absolute Gasteiger partial charge is 0.457 e. The monoisotopic (exact) mass is 829 g/mol. The van der Waals surface area contributed by atoms with Gasteiger partial charge >= 0.3 is 0 Å². The van der Waals surface area contributed by atoms with Crippen molar-refractivity contribution in [3.05, 3.63) is 235 Å². The molecular weight excluding hydrogens is 795 g/mol. The summed E-state index contributed by atoms with van der Waals surface area (Å²) in [5, 5.41) is 5.31. The molecule has 0 unspecified atom stereocenters. The molecule has 0 saturated heterocycles. The van der Waals surface area contributed by atoms with E-state index in [1.807, 2.05) is 42.5 Å². The van der Waals surface area contributed by atoms with Gasteiger partial charge in [0.25, 0.3) is 0 Å². The highest BCUT2D eigenvalue weighted by molar-refractivity contribution is 6.13. The maximum atomic E-state index is 7.01. The highest BCUT2D eigenvalue weighted by Gasteiger charge is 2.51. The Balaban J connectivity index is 0.997. The number of fused-ring (bicyclic) bond motifs is 15. The van der Waals surface area contributed by atoms with Gasteiger partial charge in [0.15, 0.2) is 5.82 Å². The number of nitrogens with zero attached hydrogens (tertiary/aromatic N) is 3. The summed E-state index contributed by atoms with van der Waals surface area (Å²) in [4.78, 5) is 15.9. The molecule has 5 heteroatoms. The van der Waals surface area contributed by atoms with Crippen molar-refractivity contribution < 1.29 is 9.15 Å². The molecule has 0 bridgehead atoms. The van der Waals surface area contributed by atoms with Gasteiger partial charge in [0.1, 0.15) is 22.7 Å². The van der Waals surface area contributed by atoms with Gasteiger partial charge in [-0.1, -0.05) is 164 Å². The third-order valence-electron chi connectivity index (χ3n) is 13.5.